The number of carbonyl (C=O) groups excluding carboxylic acids is 2. The number of rotatable bonds is 4. The summed E-state index contributed by atoms with van der Waals surface area (Å²) >= 11 is 5.84. The molecule has 3 aromatic carbocycles. The number of halogens is 5. The van der Waals surface area contributed by atoms with Crippen LogP contribution in [-0.4, -0.2) is 30.9 Å². The quantitative estimate of drug-likeness (QED) is 0.203. The van der Waals surface area contributed by atoms with Crippen LogP contribution in [0.1, 0.15) is 11.1 Å². The molecule has 0 aromatic heterocycles. The van der Waals surface area contributed by atoms with Crippen molar-refractivity contribution in [2.24, 2.45) is 0 Å². The smallest absolute Gasteiger partial charge is 0.274 e. The first-order valence-corrected chi connectivity index (χ1v) is 12.6. The first kappa shape index (κ1) is 25.6. The van der Waals surface area contributed by atoms with Crippen LogP contribution in [0.5, 0.6) is 0 Å². The summed E-state index contributed by atoms with van der Waals surface area (Å²) in [5.41, 5.74) is -1.90. The molecule has 2 aliphatic heterocycles. The summed E-state index contributed by atoms with van der Waals surface area (Å²) in [5.74, 6) is -9.42. The number of nitro benzene ring substituents is 1. The average Bonchev–Trinajstić information content (AvgIpc) is 3.21. The minimum Gasteiger partial charge on any atom is -0.304 e. The van der Waals surface area contributed by atoms with Gasteiger partial charge in [0, 0.05) is 23.4 Å². The molecule has 1 atom stereocenters. The van der Waals surface area contributed by atoms with Crippen molar-refractivity contribution in [3.05, 3.63) is 98.1 Å². The number of non-ortho nitro benzene ring substituents is 1. The molecule has 1 unspecified atom stereocenters. The molecule has 5 rings (SSSR count). The molecule has 2 amide bonds. The first-order chi connectivity index (χ1) is 17.8. The molecule has 0 saturated carbocycles. The zero-order valence-electron chi connectivity index (χ0n) is 18.6. The van der Waals surface area contributed by atoms with Crippen LogP contribution in [0.3, 0.4) is 0 Å². The first-order valence-electron chi connectivity index (χ1n) is 10.5. The van der Waals surface area contributed by atoms with Crippen LogP contribution < -0.4 is 9.80 Å². The van der Waals surface area contributed by atoms with Crippen LogP contribution in [0.25, 0.3) is 0 Å². The number of fused-ring (bicyclic) bond motifs is 2. The van der Waals surface area contributed by atoms with E-state index in [4.69, 9.17) is 11.6 Å². The molecule has 15 heteroatoms. The Kier molecular flexibility index (Phi) is 5.72. The highest BCUT2D eigenvalue weighted by molar-refractivity contribution is 7.94. The van der Waals surface area contributed by atoms with Gasteiger partial charge < -0.3 is 4.90 Å². The van der Waals surface area contributed by atoms with Gasteiger partial charge in [-0.05, 0) is 42.0 Å². The van der Waals surface area contributed by atoms with E-state index in [1.807, 2.05) is 0 Å². The molecule has 1 saturated heterocycles. The Labute approximate surface area is 215 Å². The molecule has 1 fully saturated rings. The highest BCUT2D eigenvalue weighted by Crippen LogP contribution is 2.54. The topological polar surface area (TPSA) is 118 Å². The Bertz CT molecular complexity index is 1680. The Hall–Kier alpha value is -4.04. The maximum Gasteiger partial charge on any atom is 0.274 e. The monoisotopic (exact) mass is 569 g/mol. The van der Waals surface area contributed by atoms with Gasteiger partial charge >= 0.3 is 0 Å². The summed E-state index contributed by atoms with van der Waals surface area (Å²) in [6, 6.07) is 6.74. The summed E-state index contributed by atoms with van der Waals surface area (Å²) in [6.45, 7) is -0.693. The molecule has 196 valence electrons. The predicted octanol–water partition coefficient (Wildman–Crippen LogP) is 3.97. The van der Waals surface area contributed by atoms with Crippen molar-refractivity contribution in [3.63, 3.8) is 0 Å². The van der Waals surface area contributed by atoms with E-state index in [1.54, 1.807) is 0 Å². The number of sulfone groups is 1. The van der Waals surface area contributed by atoms with E-state index in [-0.39, 0.29) is 16.9 Å². The second kappa shape index (κ2) is 8.49. The van der Waals surface area contributed by atoms with Crippen molar-refractivity contribution in [2.75, 3.05) is 15.6 Å². The van der Waals surface area contributed by atoms with E-state index in [9.17, 15) is 45.7 Å². The number of carbonyl (C=O) groups is 2. The summed E-state index contributed by atoms with van der Waals surface area (Å²) in [7, 11) is -4.79. The molecule has 0 aliphatic carbocycles. The zero-order valence-corrected chi connectivity index (χ0v) is 20.2. The number of anilines is 2. The maximum absolute atomic E-state index is 14.0. The third-order valence-electron chi connectivity index (χ3n) is 6.26. The molecular formula is C23H12ClF4N3O6S. The minimum atomic E-state index is -4.79. The lowest BCUT2D eigenvalue weighted by molar-refractivity contribution is -0.384. The lowest BCUT2D eigenvalue weighted by atomic mass is 10.0. The van der Waals surface area contributed by atoms with Gasteiger partial charge in [-0.1, -0.05) is 11.6 Å². The third-order valence-corrected chi connectivity index (χ3v) is 8.65. The van der Waals surface area contributed by atoms with Gasteiger partial charge in [0.1, 0.15) is 11.6 Å². The fourth-order valence-corrected chi connectivity index (χ4v) is 6.90. The number of benzene rings is 3. The van der Waals surface area contributed by atoms with Gasteiger partial charge in [-0.25, -0.2) is 26.0 Å². The summed E-state index contributed by atoms with van der Waals surface area (Å²) in [5, 5.41) is 11.0. The van der Waals surface area contributed by atoms with Gasteiger partial charge in [0.25, 0.3) is 16.5 Å². The van der Waals surface area contributed by atoms with Gasteiger partial charge in [-0.3, -0.25) is 24.6 Å². The highest BCUT2D eigenvalue weighted by Gasteiger charge is 2.70. The summed E-state index contributed by atoms with van der Waals surface area (Å²) in [6.07, 6.45) is 0. The van der Waals surface area contributed by atoms with Crippen molar-refractivity contribution >= 4 is 50.3 Å². The van der Waals surface area contributed by atoms with Gasteiger partial charge in [0.15, 0.2) is 27.3 Å². The zero-order chi connectivity index (χ0) is 27.7. The second-order valence-electron chi connectivity index (χ2n) is 8.45. The number of nitro groups is 1. The normalized spacial score (nSPS) is 19.9. The van der Waals surface area contributed by atoms with Crippen molar-refractivity contribution in [3.8, 4) is 0 Å². The number of hydrogen-bond acceptors (Lipinski definition) is 6. The molecule has 3 aromatic rings. The SMILES string of the molecule is O=C1CS(=O)(=O)C2(C(=O)N(Cc3cc(F)c(F)c(F)c3)c3ccc([N+](=O)[O-])cc32)N1c1ccc(F)c(Cl)c1. The van der Waals surface area contributed by atoms with Crippen molar-refractivity contribution in [1.29, 1.82) is 0 Å². The van der Waals surface area contributed by atoms with E-state index in [0.717, 1.165) is 41.3 Å². The van der Waals surface area contributed by atoms with Crippen LogP contribution in [0.15, 0.2) is 48.5 Å². The molecule has 0 radical (unpaired) electrons. The Morgan fingerprint density at radius 3 is 2.24 bits per heavy atom. The van der Waals surface area contributed by atoms with Crippen molar-refractivity contribution in [1.82, 2.24) is 0 Å². The van der Waals surface area contributed by atoms with E-state index >= 15 is 0 Å². The number of amides is 2. The standard InChI is InChI=1S/C23H12ClF4N3O6S/c24-15-8-12(1-3-16(15)25)30-20(32)10-38(36,37)23(30)14-7-13(31(34)35)2-4-19(14)29(22(23)33)9-11-5-17(26)21(28)18(27)6-11/h1-8H,9-10H2. The molecular weight excluding hydrogens is 558 g/mol. The Balaban J connectivity index is 1.78. The fourth-order valence-electron chi connectivity index (χ4n) is 4.70. The minimum absolute atomic E-state index is 0.220. The fraction of sp³-hybridized carbons (Fsp3) is 0.130. The third kappa shape index (κ3) is 3.47. The summed E-state index contributed by atoms with van der Waals surface area (Å²) < 4.78 is 82.3. The second-order valence-corrected chi connectivity index (χ2v) is 11.0. The van der Waals surface area contributed by atoms with Crippen LogP contribution in [-0.2, 0) is 30.8 Å². The molecule has 2 heterocycles. The van der Waals surface area contributed by atoms with Crippen LogP contribution in [0.2, 0.25) is 5.02 Å². The number of hydrogen-bond donors (Lipinski definition) is 0. The van der Waals surface area contributed by atoms with Crippen molar-refractivity contribution in [2.45, 2.75) is 11.4 Å². The molecule has 38 heavy (non-hydrogen) atoms. The number of nitrogens with zero attached hydrogens (tertiary/aromatic N) is 3. The maximum atomic E-state index is 14.0. The predicted molar refractivity (Wildman–Crippen MR) is 125 cm³/mol. The van der Waals surface area contributed by atoms with Gasteiger partial charge in [-0.15, -0.1) is 0 Å². The molecule has 9 nitrogen and oxygen atoms in total. The molecule has 2 aliphatic rings. The van der Waals surface area contributed by atoms with Gasteiger partial charge in [0.05, 0.1) is 22.2 Å². The average molecular weight is 570 g/mol. The Morgan fingerprint density at radius 1 is 0.974 bits per heavy atom. The van der Waals surface area contributed by atoms with E-state index < -0.39 is 83.3 Å². The van der Waals surface area contributed by atoms with E-state index in [2.05, 4.69) is 0 Å². The highest BCUT2D eigenvalue weighted by atomic mass is 35.5. The largest absolute Gasteiger partial charge is 0.304 e. The Morgan fingerprint density at radius 2 is 1.63 bits per heavy atom. The summed E-state index contributed by atoms with van der Waals surface area (Å²) in [4.78, 5) is 36.2. The lowest BCUT2D eigenvalue weighted by Crippen LogP contribution is -2.54. The molecule has 1 spiro atoms. The van der Waals surface area contributed by atoms with Crippen molar-refractivity contribution < 1.29 is 40.5 Å². The van der Waals surface area contributed by atoms with Crippen LogP contribution in [0, 0.1) is 33.4 Å². The van der Waals surface area contributed by atoms with E-state index in [0.29, 0.717) is 17.0 Å². The molecule has 0 N–H and O–H groups in total. The van der Waals surface area contributed by atoms with Crippen LogP contribution in [0.4, 0.5) is 34.6 Å². The van der Waals surface area contributed by atoms with Gasteiger partial charge in [0.2, 0.25) is 5.91 Å². The van der Waals surface area contributed by atoms with Gasteiger partial charge in [-0.2, -0.15) is 0 Å². The van der Waals surface area contributed by atoms with E-state index in [1.165, 1.54) is 0 Å². The molecule has 0 bridgehead atoms. The lowest BCUT2D eigenvalue weighted by Gasteiger charge is -2.32. The van der Waals surface area contributed by atoms with Crippen LogP contribution >= 0.6 is 11.6 Å².